The second kappa shape index (κ2) is 5.49. The largest absolute Gasteiger partial charge is 0.333 e. The van der Waals surface area contributed by atoms with Crippen LogP contribution in [-0.2, 0) is 24.3 Å². The summed E-state index contributed by atoms with van der Waals surface area (Å²) in [6, 6.07) is 8.39. The van der Waals surface area contributed by atoms with Gasteiger partial charge in [0.25, 0.3) is 0 Å². The first-order valence-electron chi connectivity index (χ1n) is 7.06. The number of carbonyl (C=O) groups is 1. The molecule has 4 heteroatoms. The van der Waals surface area contributed by atoms with E-state index in [9.17, 15) is 4.79 Å². The van der Waals surface area contributed by atoms with E-state index in [4.69, 9.17) is 0 Å². The lowest BCUT2D eigenvalue weighted by molar-refractivity contribution is -0.132. The molecule has 1 aliphatic rings. The molecule has 2 aromatic rings. The fourth-order valence-electron chi connectivity index (χ4n) is 2.55. The Morgan fingerprint density at radius 1 is 1.25 bits per heavy atom. The summed E-state index contributed by atoms with van der Waals surface area (Å²) in [7, 11) is 0. The molecule has 0 unspecified atom stereocenters. The van der Waals surface area contributed by atoms with E-state index >= 15 is 0 Å². The van der Waals surface area contributed by atoms with Crippen molar-refractivity contribution >= 4 is 5.91 Å². The van der Waals surface area contributed by atoms with Crippen LogP contribution in [0.25, 0.3) is 0 Å². The van der Waals surface area contributed by atoms with E-state index in [1.165, 1.54) is 11.1 Å². The Bertz CT molecular complexity index is 600. The normalized spacial score (nSPS) is 14.2. The third-order valence-corrected chi connectivity index (χ3v) is 3.85. The first kappa shape index (κ1) is 12.9. The van der Waals surface area contributed by atoms with Gasteiger partial charge in [-0.2, -0.15) is 0 Å². The second-order valence-electron chi connectivity index (χ2n) is 5.34. The predicted molar refractivity (Wildman–Crippen MR) is 77.1 cm³/mol. The summed E-state index contributed by atoms with van der Waals surface area (Å²) in [6.07, 6.45) is 5.16. The van der Waals surface area contributed by atoms with Crippen LogP contribution in [0.4, 0.5) is 0 Å². The Morgan fingerprint density at radius 2 is 2.05 bits per heavy atom. The maximum atomic E-state index is 12.3. The Labute approximate surface area is 119 Å². The molecule has 0 N–H and O–H groups in total. The Morgan fingerprint density at radius 3 is 2.85 bits per heavy atom. The number of nitrogens with zero attached hydrogens (tertiary/aromatic N) is 3. The molecular weight excluding hydrogens is 250 g/mol. The number of aromatic nitrogens is 2. The SMILES string of the molecule is Cc1ccc(CCC(=O)N2CCn3ccnc3C2)cc1. The third kappa shape index (κ3) is 2.74. The maximum absolute atomic E-state index is 12.3. The monoisotopic (exact) mass is 269 g/mol. The summed E-state index contributed by atoms with van der Waals surface area (Å²) in [5.74, 6) is 1.21. The van der Waals surface area contributed by atoms with E-state index in [1.54, 1.807) is 6.20 Å². The Kier molecular flexibility index (Phi) is 3.54. The number of imidazole rings is 1. The smallest absolute Gasteiger partial charge is 0.223 e. The zero-order valence-corrected chi connectivity index (χ0v) is 11.7. The van der Waals surface area contributed by atoms with Gasteiger partial charge < -0.3 is 9.47 Å². The molecule has 1 aliphatic heterocycles. The van der Waals surface area contributed by atoms with Crippen molar-refractivity contribution in [2.45, 2.75) is 32.9 Å². The molecule has 2 heterocycles. The van der Waals surface area contributed by atoms with Gasteiger partial charge in [0.15, 0.2) is 0 Å². The molecule has 1 aromatic carbocycles. The number of hydrogen-bond donors (Lipinski definition) is 0. The number of benzene rings is 1. The molecule has 0 saturated heterocycles. The van der Waals surface area contributed by atoms with Crippen molar-refractivity contribution in [3.8, 4) is 0 Å². The molecule has 0 radical (unpaired) electrons. The topological polar surface area (TPSA) is 38.1 Å². The van der Waals surface area contributed by atoms with Gasteiger partial charge in [0.05, 0.1) is 6.54 Å². The number of amides is 1. The van der Waals surface area contributed by atoms with E-state index in [1.807, 2.05) is 11.1 Å². The van der Waals surface area contributed by atoms with Crippen molar-refractivity contribution in [2.75, 3.05) is 6.54 Å². The molecular formula is C16H19N3O. The van der Waals surface area contributed by atoms with Crippen molar-refractivity contribution in [1.82, 2.24) is 14.5 Å². The second-order valence-corrected chi connectivity index (χ2v) is 5.34. The van der Waals surface area contributed by atoms with Crippen LogP contribution in [0.2, 0.25) is 0 Å². The molecule has 104 valence electrons. The van der Waals surface area contributed by atoms with Gasteiger partial charge >= 0.3 is 0 Å². The number of rotatable bonds is 3. The summed E-state index contributed by atoms with van der Waals surface area (Å²) in [5, 5.41) is 0. The van der Waals surface area contributed by atoms with Gasteiger partial charge in [-0.15, -0.1) is 0 Å². The summed E-state index contributed by atoms with van der Waals surface area (Å²) in [4.78, 5) is 18.5. The number of fused-ring (bicyclic) bond motifs is 1. The lowest BCUT2D eigenvalue weighted by atomic mass is 10.1. The summed E-state index contributed by atoms with van der Waals surface area (Å²) in [6.45, 7) is 4.35. The minimum Gasteiger partial charge on any atom is -0.333 e. The van der Waals surface area contributed by atoms with Crippen LogP contribution in [0.3, 0.4) is 0 Å². The predicted octanol–water partition coefficient (Wildman–Crippen LogP) is 2.17. The molecule has 0 aliphatic carbocycles. The average molecular weight is 269 g/mol. The summed E-state index contributed by atoms with van der Waals surface area (Å²) in [5.41, 5.74) is 2.48. The minimum atomic E-state index is 0.222. The highest BCUT2D eigenvalue weighted by molar-refractivity contribution is 5.76. The van der Waals surface area contributed by atoms with Gasteiger partial charge in [-0.25, -0.2) is 4.98 Å². The highest BCUT2D eigenvalue weighted by Gasteiger charge is 2.20. The molecule has 0 fully saturated rings. The molecule has 0 bridgehead atoms. The molecule has 3 rings (SSSR count). The quantitative estimate of drug-likeness (QED) is 0.856. The molecule has 1 aromatic heterocycles. The first-order valence-corrected chi connectivity index (χ1v) is 7.06. The molecule has 0 saturated carbocycles. The van der Waals surface area contributed by atoms with Crippen LogP contribution in [-0.4, -0.2) is 26.9 Å². The van der Waals surface area contributed by atoms with Crippen LogP contribution in [0.1, 0.15) is 23.4 Å². The van der Waals surface area contributed by atoms with Crippen molar-refractivity contribution in [2.24, 2.45) is 0 Å². The van der Waals surface area contributed by atoms with E-state index in [2.05, 4.69) is 40.7 Å². The summed E-state index contributed by atoms with van der Waals surface area (Å²) >= 11 is 0. The van der Waals surface area contributed by atoms with Crippen LogP contribution in [0, 0.1) is 6.92 Å². The third-order valence-electron chi connectivity index (χ3n) is 3.85. The van der Waals surface area contributed by atoms with Crippen molar-refractivity contribution < 1.29 is 4.79 Å². The minimum absolute atomic E-state index is 0.222. The van der Waals surface area contributed by atoms with E-state index in [0.717, 1.165) is 25.3 Å². The zero-order valence-electron chi connectivity index (χ0n) is 11.7. The number of aryl methyl sites for hydroxylation is 2. The maximum Gasteiger partial charge on any atom is 0.223 e. The van der Waals surface area contributed by atoms with Gasteiger partial charge in [0, 0.05) is 31.9 Å². The highest BCUT2D eigenvalue weighted by Crippen LogP contribution is 2.13. The molecule has 0 spiro atoms. The van der Waals surface area contributed by atoms with E-state index in [-0.39, 0.29) is 5.91 Å². The fraction of sp³-hybridized carbons (Fsp3) is 0.375. The van der Waals surface area contributed by atoms with Gasteiger partial charge in [0.2, 0.25) is 5.91 Å². The summed E-state index contributed by atoms with van der Waals surface area (Å²) < 4.78 is 2.11. The van der Waals surface area contributed by atoms with Crippen molar-refractivity contribution in [3.63, 3.8) is 0 Å². The van der Waals surface area contributed by atoms with Crippen LogP contribution in [0.15, 0.2) is 36.7 Å². The van der Waals surface area contributed by atoms with E-state index in [0.29, 0.717) is 13.0 Å². The van der Waals surface area contributed by atoms with Crippen LogP contribution >= 0.6 is 0 Å². The molecule has 1 amide bonds. The number of carbonyl (C=O) groups excluding carboxylic acids is 1. The Balaban J connectivity index is 1.56. The highest BCUT2D eigenvalue weighted by atomic mass is 16.2. The number of hydrogen-bond acceptors (Lipinski definition) is 2. The first-order chi connectivity index (χ1) is 9.72. The molecule has 20 heavy (non-hydrogen) atoms. The van der Waals surface area contributed by atoms with Gasteiger partial charge in [-0.1, -0.05) is 29.8 Å². The van der Waals surface area contributed by atoms with Crippen molar-refractivity contribution in [3.05, 3.63) is 53.6 Å². The fourth-order valence-corrected chi connectivity index (χ4v) is 2.55. The van der Waals surface area contributed by atoms with Crippen LogP contribution in [0.5, 0.6) is 0 Å². The molecule has 4 nitrogen and oxygen atoms in total. The zero-order chi connectivity index (χ0) is 13.9. The average Bonchev–Trinajstić information content (AvgIpc) is 2.93. The Hall–Kier alpha value is -2.10. The van der Waals surface area contributed by atoms with E-state index < -0.39 is 0 Å². The standard InChI is InChI=1S/C16H19N3O/c1-13-2-4-14(5-3-13)6-7-16(20)19-11-10-18-9-8-17-15(18)12-19/h2-5,8-9H,6-7,10-12H2,1H3. The van der Waals surface area contributed by atoms with Gasteiger partial charge in [0.1, 0.15) is 5.82 Å². The van der Waals surface area contributed by atoms with Crippen LogP contribution < -0.4 is 0 Å². The van der Waals surface area contributed by atoms with Gasteiger partial charge in [-0.3, -0.25) is 4.79 Å². The van der Waals surface area contributed by atoms with Gasteiger partial charge in [-0.05, 0) is 18.9 Å². The lowest BCUT2D eigenvalue weighted by Gasteiger charge is -2.27. The van der Waals surface area contributed by atoms with Crippen molar-refractivity contribution in [1.29, 1.82) is 0 Å². The molecule has 0 atom stereocenters. The lowest BCUT2D eigenvalue weighted by Crippen LogP contribution is -2.38.